The molecule has 0 bridgehead atoms. The van der Waals surface area contributed by atoms with E-state index in [1.807, 2.05) is 0 Å². The van der Waals surface area contributed by atoms with E-state index in [2.05, 4.69) is 10.9 Å². The number of nitrogens with zero attached hydrogens (tertiary/aromatic N) is 1. The summed E-state index contributed by atoms with van der Waals surface area (Å²) in [5.74, 6) is 2.93. The molecule has 0 fully saturated rings. The molecule has 1 rings (SSSR count). The number of ether oxygens (including phenoxy) is 1. The molecule has 11 heavy (non-hydrogen) atoms. The van der Waals surface area contributed by atoms with Crippen LogP contribution in [0.25, 0.3) is 0 Å². The molecule has 3 heteroatoms. The van der Waals surface area contributed by atoms with E-state index in [1.165, 1.54) is 13.3 Å². The van der Waals surface area contributed by atoms with Gasteiger partial charge in [0, 0.05) is 17.8 Å². The van der Waals surface area contributed by atoms with Gasteiger partial charge in [0.2, 0.25) is 0 Å². The predicted octanol–water partition coefficient (Wildman–Crippen LogP) is 1.72. The lowest BCUT2D eigenvalue weighted by atomic mass is 10.3. The third-order valence-corrected chi connectivity index (χ3v) is 1.48. The van der Waals surface area contributed by atoms with Crippen LogP contribution in [0.5, 0.6) is 5.75 Å². The van der Waals surface area contributed by atoms with E-state index in [1.54, 1.807) is 6.07 Å². The molecule has 0 amide bonds. The van der Waals surface area contributed by atoms with Crippen LogP contribution in [0.15, 0.2) is 12.3 Å². The van der Waals surface area contributed by atoms with Crippen molar-refractivity contribution in [2.45, 2.75) is 0 Å². The molecule has 0 aliphatic heterocycles. The zero-order valence-corrected chi connectivity index (χ0v) is 6.72. The standard InChI is InChI=1S/C8H6ClNO/c1-3-6-4-7(11-2)8(9)10-5-6/h1,4-5H,2H3. The fraction of sp³-hybridized carbons (Fsp3) is 0.125. The second-order valence-electron chi connectivity index (χ2n) is 1.86. The minimum atomic E-state index is 0.325. The fourth-order valence-electron chi connectivity index (χ4n) is 0.650. The van der Waals surface area contributed by atoms with E-state index >= 15 is 0 Å². The maximum atomic E-state index is 5.65. The van der Waals surface area contributed by atoms with Crippen LogP contribution in [0.1, 0.15) is 5.56 Å². The average Bonchev–Trinajstić information content (AvgIpc) is 2.05. The number of terminal acetylenes is 1. The molecular formula is C8H6ClNO. The minimum Gasteiger partial charge on any atom is -0.493 e. The molecule has 1 aromatic heterocycles. The number of aromatic nitrogens is 1. The molecule has 0 N–H and O–H groups in total. The van der Waals surface area contributed by atoms with Crippen molar-refractivity contribution in [3.63, 3.8) is 0 Å². The Kier molecular flexibility index (Phi) is 2.35. The lowest BCUT2D eigenvalue weighted by molar-refractivity contribution is 0.413. The van der Waals surface area contributed by atoms with Gasteiger partial charge in [0.15, 0.2) is 10.9 Å². The summed E-state index contributed by atoms with van der Waals surface area (Å²) >= 11 is 5.65. The zero-order valence-electron chi connectivity index (χ0n) is 5.97. The second kappa shape index (κ2) is 3.27. The Morgan fingerprint density at radius 3 is 3.00 bits per heavy atom. The SMILES string of the molecule is C#Cc1cnc(Cl)c(OC)c1. The van der Waals surface area contributed by atoms with Crippen LogP contribution in [0.4, 0.5) is 0 Å². The van der Waals surface area contributed by atoms with Crippen molar-refractivity contribution < 1.29 is 4.74 Å². The van der Waals surface area contributed by atoms with Gasteiger partial charge in [0.05, 0.1) is 7.11 Å². The van der Waals surface area contributed by atoms with E-state index in [4.69, 9.17) is 22.8 Å². The number of rotatable bonds is 1. The molecule has 0 atom stereocenters. The molecule has 1 aromatic rings. The van der Waals surface area contributed by atoms with Gasteiger partial charge in [-0.2, -0.15) is 0 Å². The quantitative estimate of drug-likeness (QED) is 0.470. The van der Waals surface area contributed by atoms with Crippen LogP contribution in [-0.4, -0.2) is 12.1 Å². The van der Waals surface area contributed by atoms with Gasteiger partial charge >= 0.3 is 0 Å². The zero-order chi connectivity index (χ0) is 8.27. The summed E-state index contributed by atoms with van der Waals surface area (Å²) in [5, 5.41) is 0.325. The van der Waals surface area contributed by atoms with Gasteiger partial charge in [-0.05, 0) is 0 Å². The van der Waals surface area contributed by atoms with Crippen molar-refractivity contribution in [1.82, 2.24) is 4.98 Å². The first-order valence-corrected chi connectivity index (χ1v) is 3.32. The summed E-state index contributed by atoms with van der Waals surface area (Å²) in [5.41, 5.74) is 0.659. The van der Waals surface area contributed by atoms with Crippen molar-refractivity contribution in [3.8, 4) is 18.1 Å². The maximum Gasteiger partial charge on any atom is 0.171 e. The monoisotopic (exact) mass is 167 g/mol. The van der Waals surface area contributed by atoms with Gasteiger partial charge in [0.1, 0.15) is 0 Å². The van der Waals surface area contributed by atoms with Crippen LogP contribution in [0, 0.1) is 12.3 Å². The normalized spacial score (nSPS) is 8.82. The van der Waals surface area contributed by atoms with E-state index in [0.29, 0.717) is 16.5 Å². The molecule has 0 radical (unpaired) electrons. The Morgan fingerprint density at radius 1 is 1.73 bits per heavy atom. The first kappa shape index (κ1) is 7.90. The lowest BCUT2D eigenvalue weighted by Gasteiger charge is -2.00. The summed E-state index contributed by atoms with van der Waals surface area (Å²) in [4.78, 5) is 3.82. The molecular weight excluding hydrogens is 162 g/mol. The second-order valence-corrected chi connectivity index (χ2v) is 2.22. The molecule has 2 nitrogen and oxygen atoms in total. The molecule has 56 valence electrons. The molecule has 0 unspecified atom stereocenters. The number of hydrogen-bond donors (Lipinski definition) is 0. The summed E-state index contributed by atoms with van der Waals surface area (Å²) < 4.78 is 4.90. The highest BCUT2D eigenvalue weighted by Gasteiger charge is 2.00. The Morgan fingerprint density at radius 2 is 2.45 bits per heavy atom. The number of methoxy groups -OCH3 is 1. The highest BCUT2D eigenvalue weighted by atomic mass is 35.5. The minimum absolute atomic E-state index is 0.325. The molecule has 0 saturated carbocycles. The van der Waals surface area contributed by atoms with Gasteiger partial charge < -0.3 is 4.74 Å². The van der Waals surface area contributed by atoms with Crippen molar-refractivity contribution in [2.75, 3.05) is 7.11 Å². The molecule has 0 aromatic carbocycles. The van der Waals surface area contributed by atoms with Crippen molar-refractivity contribution >= 4 is 11.6 Å². The van der Waals surface area contributed by atoms with Crippen molar-refractivity contribution in [2.24, 2.45) is 0 Å². The average molecular weight is 168 g/mol. The third-order valence-electron chi connectivity index (χ3n) is 1.19. The summed E-state index contributed by atoms with van der Waals surface area (Å²) in [6.07, 6.45) is 6.65. The Balaban J connectivity index is 3.15. The van der Waals surface area contributed by atoms with Crippen molar-refractivity contribution in [3.05, 3.63) is 23.0 Å². The summed E-state index contributed by atoms with van der Waals surface area (Å²) in [6, 6.07) is 1.66. The Bertz CT molecular complexity index is 303. The largest absolute Gasteiger partial charge is 0.493 e. The first-order valence-electron chi connectivity index (χ1n) is 2.94. The van der Waals surface area contributed by atoms with Gasteiger partial charge in [-0.15, -0.1) is 6.42 Å². The fourth-order valence-corrected chi connectivity index (χ4v) is 0.830. The molecule has 0 aliphatic carbocycles. The first-order chi connectivity index (χ1) is 5.27. The maximum absolute atomic E-state index is 5.65. The predicted molar refractivity (Wildman–Crippen MR) is 43.7 cm³/mol. The van der Waals surface area contributed by atoms with E-state index < -0.39 is 0 Å². The van der Waals surface area contributed by atoms with Crippen LogP contribution >= 0.6 is 11.6 Å². The van der Waals surface area contributed by atoms with Gasteiger partial charge in [-0.1, -0.05) is 17.5 Å². The molecule has 1 heterocycles. The van der Waals surface area contributed by atoms with Crippen LogP contribution in [0.2, 0.25) is 5.15 Å². The summed E-state index contributed by atoms with van der Waals surface area (Å²) in [6.45, 7) is 0. The highest BCUT2D eigenvalue weighted by Crippen LogP contribution is 2.21. The Hall–Kier alpha value is -1.20. The van der Waals surface area contributed by atoms with Crippen LogP contribution in [-0.2, 0) is 0 Å². The van der Waals surface area contributed by atoms with E-state index in [9.17, 15) is 0 Å². The molecule has 0 aliphatic rings. The number of pyridine rings is 1. The van der Waals surface area contributed by atoms with E-state index in [0.717, 1.165) is 0 Å². The topological polar surface area (TPSA) is 22.1 Å². The molecule has 0 spiro atoms. The third kappa shape index (κ3) is 1.63. The van der Waals surface area contributed by atoms with Gasteiger partial charge in [0.25, 0.3) is 0 Å². The van der Waals surface area contributed by atoms with Crippen molar-refractivity contribution in [1.29, 1.82) is 0 Å². The van der Waals surface area contributed by atoms with Crippen LogP contribution < -0.4 is 4.74 Å². The lowest BCUT2D eigenvalue weighted by Crippen LogP contribution is -1.87. The van der Waals surface area contributed by atoms with Crippen LogP contribution in [0.3, 0.4) is 0 Å². The Labute approximate surface area is 70.2 Å². The number of halogens is 1. The van der Waals surface area contributed by atoms with Gasteiger partial charge in [-0.3, -0.25) is 0 Å². The van der Waals surface area contributed by atoms with Gasteiger partial charge in [-0.25, -0.2) is 4.98 Å². The number of hydrogen-bond acceptors (Lipinski definition) is 2. The molecule has 0 saturated heterocycles. The smallest absolute Gasteiger partial charge is 0.171 e. The van der Waals surface area contributed by atoms with E-state index in [-0.39, 0.29) is 0 Å². The summed E-state index contributed by atoms with van der Waals surface area (Å²) in [7, 11) is 1.52. The highest BCUT2D eigenvalue weighted by molar-refractivity contribution is 6.30.